The van der Waals surface area contributed by atoms with Crippen LogP contribution < -0.4 is 0 Å². The van der Waals surface area contributed by atoms with Gasteiger partial charge in [0.1, 0.15) is 0 Å². The summed E-state index contributed by atoms with van der Waals surface area (Å²) >= 11 is 0. The van der Waals surface area contributed by atoms with Gasteiger partial charge in [-0.1, -0.05) is 0 Å². The van der Waals surface area contributed by atoms with E-state index >= 15 is 0 Å². The van der Waals surface area contributed by atoms with E-state index in [1.165, 1.54) is 17.1 Å². The van der Waals surface area contributed by atoms with Crippen LogP contribution in [0.3, 0.4) is 0 Å². The van der Waals surface area contributed by atoms with E-state index in [9.17, 15) is 0 Å². The van der Waals surface area contributed by atoms with Crippen molar-refractivity contribution in [2.75, 3.05) is 0 Å². The van der Waals surface area contributed by atoms with Crippen molar-refractivity contribution >= 4 is 0 Å². The highest BCUT2D eigenvalue weighted by Crippen LogP contribution is 2.28. The molecule has 0 radical (unpaired) electrons. The second-order valence-corrected chi connectivity index (χ2v) is 3.81. The van der Waals surface area contributed by atoms with Gasteiger partial charge in [0.05, 0.1) is 5.92 Å². The number of rotatable bonds is 3. The van der Waals surface area contributed by atoms with E-state index in [-0.39, 0.29) is 5.92 Å². The summed E-state index contributed by atoms with van der Waals surface area (Å²) in [4.78, 5) is 9.82. The van der Waals surface area contributed by atoms with Crippen LogP contribution in [0, 0.1) is 0 Å². The number of H-pyrrole nitrogens is 3. The van der Waals surface area contributed by atoms with Crippen LogP contribution in [0.4, 0.5) is 0 Å². The highest BCUT2D eigenvalue weighted by molar-refractivity contribution is 5.34. The minimum absolute atomic E-state index is 0.222. The Morgan fingerprint density at radius 3 is 1.25 bits per heavy atom. The molecular weight excluding hydrogens is 198 g/mol. The van der Waals surface area contributed by atoms with Gasteiger partial charge in [-0.2, -0.15) is 0 Å². The first-order valence-corrected chi connectivity index (χ1v) is 5.35. The van der Waals surface area contributed by atoms with Gasteiger partial charge in [-0.25, -0.2) is 0 Å². The fraction of sp³-hybridized carbons (Fsp3) is 0.0769. The topological polar surface area (TPSA) is 47.4 Å². The Bertz CT molecular complexity index is 436. The molecule has 0 aliphatic rings. The standard InChI is InChI=1S/C13H13N3/c1-4-10(14-7-1)13(11-5-2-8-15-11)12-6-3-9-16-12/h1-9,13-16H. The third-order valence-corrected chi connectivity index (χ3v) is 2.80. The summed E-state index contributed by atoms with van der Waals surface area (Å²) in [7, 11) is 0. The zero-order valence-electron chi connectivity index (χ0n) is 8.77. The predicted molar refractivity (Wildman–Crippen MR) is 63.3 cm³/mol. The zero-order valence-corrected chi connectivity index (χ0v) is 8.77. The average molecular weight is 211 g/mol. The van der Waals surface area contributed by atoms with Crippen molar-refractivity contribution in [3.8, 4) is 0 Å². The molecule has 3 aromatic rings. The van der Waals surface area contributed by atoms with E-state index in [4.69, 9.17) is 0 Å². The summed E-state index contributed by atoms with van der Waals surface area (Å²) in [5, 5.41) is 0. The lowest BCUT2D eigenvalue weighted by molar-refractivity contribution is 0.867. The highest BCUT2D eigenvalue weighted by atomic mass is 14.8. The van der Waals surface area contributed by atoms with Crippen LogP contribution >= 0.6 is 0 Å². The molecule has 0 bridgehead atoms. The van der Waals surface area contributed by atoms with E-state index in [0.717, 1.165) is 0 Å². The average Bonchev–Trinajstić information content (AvgIpc) is 3.02. The fourth-order valence-corrected chi connectivity index (χ4v) is 2.07. The van der Waals surface area contributed by atoms with E-state index in [1.807, 2.05) is 36.8 Å². The fourth-order valence-electron chi connectivity index (χ4n) is 2.07. The molecule has 80 valence electrons. The van der Waals surface area contributed by atoms with E-state index in [2.05, 4.69) is 33.2 Å². The molecule has 3 heteroatoms. The van der Waals surface area contributed by atoms with Crippen LogP contribution in [-0.2, 0) is 0 Å². The molecular formula is C13H13N3. The summed E-state index contributed by atoms with van der Waals surface area (Å²) in [6.45, 7) is 0. The summed E-state index contributed by atoms with van der Waals surface area (Å²) in [5.74, 6) is 0.222. The summed E-state index contributed by atoms with van der Waals surface area (Å²) in [6, 6.07) is 12.4. The Morgan fingerprint density at radius 2 is 1.00 bits per heavy atom. The lowest BCUT2D eigenvalue weighted by Gasteiger charge is -2.12. The van der Waals surface area contributed by atoms with E-state index < -0.39 is 0 Å². The van der Waals surface area contributed by atoms with Crippen molar-refractivity contribution < 1.29 is 0 Å². The Labute approximate surface area is 93.5 Å². The van der Waals surface area contributed by atoms with Crippen molar-refractivity contribution in [1.82, 2.24) is 15.0 Å². The van der Waals surface area contributed by atoms with Crippen molar-refractivity contribution in [2.45, 2.75) is 5.92 Å². The molecule has 3 rings (SSSR count). The first-order chi connectivity index (χ1) is 7.95. The predicted octanol–water partition coefficient (Wildman–Crippen LogP) is 2.85. The Kier molecular flexibility index (Phi) is 2.14. The Morgan fingerprint density at radius 1 is 0.625 bits per heavy atom. The summed E-state index contributed by atoms with van der Waals surface area (Å²) < 4.78 is 0. The van der Waals surface area contributed by atoms with Gasteiger partial charge in [-0.15, -0.1) is 0 Å². The molecule has 0 spiro atoms. The lowest BCUT2D eigenvalue weighted by Crippen LogP contribution is -2.04. The summed E-state index contributed by atoms with van der Waals surface area (Å²) in [5.41, 5.74) is 3.56. The van der Waals surface area contributed by atoms with E-state index in [1.54, 1.807) is 0 Å². The van der Waals surface area contributed by atoms with Crippen molar-refractivity contribution in [3.05, 3.63) is 72.1 Å². The van der Waals surface area contributed by atoms with Gasteiger partial charge in [0.15, 0.2) is 0 Å². The van der Waals surface area contributed by atoms with E-state index in [0.29, 0.717) is 0 Å². The molecule has 0 fully saturated rings. The number of hydrogen-bond acceptors (Lipinski definition) is 0. The number of hydrogen-bond donors (Lipinski definition) is 3. The lowest BCUT2D eigenvalue weighted by atomic mass is 9.98. The van der Waals surface area contributed by atoms with Crippen molar-refractivity contribution in [3.63, 3.8) is 0 Å². The molecule has 3 nitrogen and oxygen atoms in total. The van der Waals surface area contributed by atoms with Gasteiger partial charge in [0, 0.05) is 35.7 Å². The van der Waals surface area contributed by atoms with Crippen LogP contribution in [0.25, 0.3) is 0 Å². The Balaban J connectivity index is 2.09. The molecule has 3 aromatic heterocycles. The Hall–Kier alpha value is -2.16. The maximum absolute atomic E-state index is 3.27. The smallest absolute Gasteiger partial charge is 0.0791 e. The molecule has 0 saturated carbocycles. The van der Waals surface area contributed by atoms with Gasteiger partial charge in [0.25, 0.3) is 0 Å². The SMILES string of the molecule is c1c[nH]c(C(c2ccc[nH]2)c2ccc[nH]2)c1. The molecule has 16 heavy (non-hydrogen) atoms. The normalized spacial score (nSPS) is 11.1. The van der Waals surface area contributed by atoms with Gasteiger partial charge in [-0.05, 0) is 36.4 Å². The minimum atomic E-state index is 0.222. The second kappa shape index (κ2) is 3.77. The van der Waals surface area contributed by atoms with Gasteiger partial charge in [0.2, 0.25) is 0 Å². The van der Waals surface area contributed by atoms with Gasteiger partial charge in [-0.3, -0.25) is 0 Å². The molecule has 0 saturated heterocycles. The largest absolute Gasteiger partial charge is 0.364 e. The van der Waals surface area contributed by atoms with Crippen LogP contribution in [0.15, 0.2) is 55.0 Å². The minimum Gasteiger partial charge on any atom is -0.364 e. The second-order valence-electron chi connectivity index (χ2n) is 3.81. The molecule has 0 aliphatic heterocycles. The summed E-state index contributed by atoms with van der Waals surface area (Å²) in [6.07, 6.45) is 5.86. The molecule has 0 aromatic carbocycles. The van der Waals surface area contributed by atoms with Gasteiger partial charge < -0.3 is 15.0 Å². The maximum atomic E-state index is 3.27. The molecule has 0 amide bonds. The number of nitrogens with one attached hydrogen (secondary N) is 3. The van der Waals surface area contributed by atoms with Crippen LogP contribution in [0.2, 0.25) is 0 Å². The quantitative estimate of drug-likeness (QED) is 0.596. The molecule has 0 aliphatic carbocycles. The molecule has 3 heterocycles. The van der Waals surface area contributed by atoms with Crippen LogP contribution in [0.5, 0.6) is 0 Å². The monoisotopic (exact) mass is 211 g/mol. The maximum Gasteiger partial charge on any atom is 0.0791 e. The zero-order chi connectivity index (χ0) is 10.8. The third kappa shape index (κ3) is 1.46. The molecule has 3 N–H and O–H groups in total. The van der Waals surface area contributed by atoms with Crippen molar-refractivity contribution in [1.29, 1.82) is 0 Å². The molecule has 0 unspecified atom stereocenters. The first kappa shape index (κ1) is 9.09. The number of aromatic amines is 3. The third-order valence-electron chi connectivity index (χ3n) is 2.80. The van der Waals surface area contributed by atoms with Gasteiger partial charge >= 0.3 is 0 Å². The number of aromatic nitrogens is 3. The van der Waals surface area contributed by atoms with Crippen LogP contribution in [-0.4, -0.2) is 15.0 Å². The molecule has 0 atom stereocenters. The highest BCUT2D eigenvalue weighted by Gasteiger charge is 2.18. The van der Waals surface area contributed by atoms with Crippen molar-refractivity contribution in [2.24, 2.45) is 0 Å². The first-order valence-electron chi connectivity index (χ1n) is 5.35. The van der Waals surface area contributed by atoms with Crippen LogP contribution in [0.1, 0.15) is 23.0 Å².